The average molecular weight is 387 g/mol. The molecule has 2 aromatic heterocycles. The molecule has 0 aliphatic carbocycles. The maximum atomic E-state index is 5.43. The van der Waals surface area contributed by atoms with Gasteiger partial charge in [-0.2, -0.15) is 5.10 Å². The summed E-state index contributed by atoms with van der Waals surface area (Å²) in [6.07, 6.45) is 8.09. The number of rotatable bonds is 9. The van der Waals surface area contributed by atoms with Gasteiger partial charge in [-0.05, 0) is 44.5 Å². The molecule has 3 heterocycles. The van der Waals surface area contributed by atoms with Crippen molar-refractivity contribution in [2.75, 3.05) is 26.2 Å². The number of guanidine groups is 1. The lowest BCUT2D eigenvalue weighted by molar-refractivity contribution is 0.267. The number of aryl methyl sites for hydroxylation is 2. The Hall–Kier alpha value is -2.28. The van der Waals surface area contributed by atoms with Crippen molar-refractivity contribution >= 4 is 5.96 Å². The van der Waals surface area contributed by atoms with Crippen LogP contribution in [0.1, 0.15) is 43.7 Å². The zero-order valence-corrected chi connectivity index (χ0v) is 17.4. The molecule has 28 heavy (non-hydrogen) atoms. The first kappa shape index (κ1) is 20.5. The van der Waals surface area contributed by atoms with Gasteiger partial charge in [0.15, 0.2) is 5.96 Å². The van der Waals surface area contributed by atoms with Crippen LogP contribution in [0.3, 0.4) is 0 Å². The number of furan rings is 1. The van der Waals surface area contributed by atoms with Crippen LogP contribution in [0.2, 0.25) is 0 Å². The van der Waals surface area contributed by atoms with Gasteiger partial charge in [-0.25, -0.2) is 4.99 Å². The van der Waals surface area contributed by atoms with E-state index in [4.69, 9.17) is 9.41 Å². The minimum absolute atomic E-state index is 0.590. The van der Waals surface area contributed by atoms with E-state index >= 15 is 0 Å². The van der Waals surface area contributed by atoms with Gasteiger partial charge in [0, 0.05) is 44.4 Å². The Balaban J connectivity index is 1.60. The van der Waals surface area contributed by atoms with Crippen LogP contribution < -0.4 is 10.6 Å². The minimum Gasteiger partial charge on any atom is -0.469 e. The molecule has 0 bridgehead atoms. The molecule has 2 aromatic rings. The van der Waals surface area contributed by atoms with Crippen molar-refractivity contribution in [2.24, 2.45) is 12.0 Å². The van der Waals surface area contributed by atoms with Crippen molar-refractivity contribution in [3.05, 3.63) is 41.6 Å². The highest BCUT2D eigenvalue weighted by atomic mass is 16.3. The number of likely N-dealkylation sites (tertiary alicyclic amines) is 1. The summed E-state index contributed by atoms with van der Waals surface area (Å²) in [7, 11) is 1.96. The van der Waals surface area contributed by atoms with Crippen molar-refractivity contribution in [3.63, 3.8) is 0 Å². The van der Waals surface area contributed by atoms with Crippen molar-refractivity contribution in [1.82, 2.24) is 25.3 Å². The molecule has 3 rings (SSSR count). The maximum absolute atomic E-state index is 5.43. The molecule has 1 aliphatic rings. The molecule has 0 radical (unpaired) electrons. The summed E-state index contributed by atoms with van der Waals surface area (Å²) in [5.74, 6) is 1.85. The van der Waals surface area contributed by atoms with Crippen molar-refractivity contribution in [3.8, 4) is 0 Å². The molecule has 0 spiro atoms. The zero-order chi connectivity index (χ0) is 19.8. The lowest BCUT2D eigenvalue weighted by Crippen LogP contribution is -2.45. The molecule has 0 saturated carbocycles. The van der Waals surface area contributed by atoms with Gasteiger partial charge in [-0.3, -0.25) is 9.58 Å². The van der Waals surface area contributed by atoms with Gasteiger partial charge >= 0.3 is 0 Å². The van der Waals surface area contributed by atoms with E-state index in [2.05, 4.69) is 40.7 Å². The third-order valence-electron chi connectivity index (χ3n) is 5.39. The standard InChI is InChI=1S/C21H34N6O/c1-4-20-17(16-26(3)25-20)14-23-21(22-11-10-19-9-7-13-28-19)24-15-18-8-6-12-27(18)5-2/h7,9,13,16,18H,4-6,8,10-12,14-15H2,1-3H3,(H2,22,23,24). The first-order chi connectivity index (χ1) is 13.7. The molecule has 0 amide bonds. The van der Waals surface area contributed by atoms with Crippen molar-refractivity contribution < 1.29 is 4.42 Å². The Bertz CT molecular complexity index is 736. The highest BCUT2D eigenvalue weighted by molar-refractivity contribution is 5.79. The summed E-state index contributed by atoms with van der Waals surface area (Å²) >= 11 is 0. The largest absolute Gasteiger partial charge is 0.469 e. The second-order valence-electron chi connectivity index (χ2n) is 7.35. The molecule has 7 nitrogen and oxygen atoms in total. The number of aliphatic imine (C=N–C) groups is 1. The summed E-state index contributed by atoms with van der Waals surface area (Å²) < 4.78 is 7.30. The van der Waals surface area contributed by atoms with Crippen molar-refractivity contribution in [1.29, 1.82) is 0 Å². The highest BCUT2D eigenvalue weighted by Gasteiger charge is 2.22. The number of nitrogens with one attached hydrogen (secondary N) is 2. The lowest BCUT2D eigenvalue weighted by atomic mass is 10.2. The van der Waals surface area contributed by atoms with E-state index in [0.29, 0.717) is 12.6 Å². The van der Waals surface area contributed by atoms with Crippen LogP contribution in [0.15, 0.2) is 34.0 Å². The topological polar surface area (TPSA) is 70.6 Å². The van der Waals surface area contributed by atoms with Gasteiger partial charge in [0.1, 0.15) is 5.76 Å². The van der Waals surface area contributed by atoms with Crippen LogP contribution in [-0.4, -0.2) is 52.9 Å². The number of aromatic nitrogens is 2. The van der Waals surface area contributed by atoms with Crippen LogP contribution in [0, 0.1) is 0 Å². The quantitative estimate of drug-likeness (QED) is 0.511. The Kier molecular flexibility index (Phi) is 7.54. The molecule has 154 valence electrons. The molecular formula is C21H34N6O. The molecule has 7 heteroatoms. The van der Waals surface area contributed by atoms with Crippen LogP contribution in [-0.2, 0) is 26.4 Å². The van der Waals surface area contributed by atoms with E-state index < -0.39 is 0 Å². The molecule has 1 aliphatic heterocycles. The van der Waals surface area contributed by atoms with Crippen LogP contribution >= 0.6 is 0 Å². The maximum Gasteiger partial charge on any atom is 0.191 e. The number of likely N-dealkylation sites (N-methyl/N-ethyl adjacent to an activating group) is 1. The predicted molar refractivity (Wildman–Crippen MR) is 112 cm³/mol. The number of hydrogen-bond donors (Lipinski definition) is 2. The van der Waals surface area contributed by atoms with Crippen LogP contribution in [0.5, 0.6) is 0 Å². The molecule has 0 aromatic carbocycles. The first-order valence-corrected chi connectivity index (χ1v) is 10.5. The van der Waals surface area contributed by atoms with E-state index in [0.717, 1.165) is 49.9 Å². The Morgan fingerprint density at radius 2 is 2.25 bits per heavy atom. The molecule has 1 fully saturated rings. The van der Waals surface area contributed by atoms with Gasteiger partial charge in [-0.1, -0.05) is 13.8 Å². The molecule has 1 atom stereocenters. The monoisotopic (exact) mass is 386 g/mol. The Morgan fingerprint density at radius 1 is 1.36 bits per heavy atom. The van der Waals surface area contributed by atoms with E-state index in [9.17, 15) is 0 Å². The molecular weight excluding hydrogens is 352 g/mol. The van der Waals surface area contributed by atoms with E-state index in [1.165, 1.54) is 24.9 Å². The zero-order valence-electron chi connectivity index (χ0n) is 17.4. The van der Waals surface area contributed by atoms with Gasteiger partial charge in [0.2, 0.25) is 0 Å². The summed E-state index contributed by atoms with van der Waals surface area (Å²) in [4.78, 5) is 7.38. The molecule has 2 N–H and O–H groups in total. The lowest BCUT2D eigenvalue weighted by Gasteiger charge is -2.24. The summed E-state index contributed by atoms with van der Waals surface area (Å²) in [6.45, 7) is 9.04. The third kappa shape index (κ3) is 5.61. The van der Waals surface area contributed by atoms with Gasteiger partial charge < -0.3 is 15.1 Å². The fourth-order valence-corrected chi connectivity index (χ4v) is 3.87. The fraction of sp³-hybridized carbons (Fsp3) is 0.619. The van der Waals surface area contributed by atoms with Gasteiger partial charge in [-0.15, -0.1) is 0 Å². The Morgan fingerprint density at radius 3 is 3.00 bits per heavy atom. The fourth-order valence-electron chi connectivity index (χ4n) is 3.87. The second kappa shape index (κ2) is 10.3. The molecule has 1 saturated heterocycles. The Labute approximate surface area is 168 Å². The number of nitrogens with zero attached hydrogens (tertiary/aromatic N) is 4. The van der Waals surface area contributed by atoms with E-state index in [1.807, 2.05) is 23.9 Å². The molecule has 1 unspecified atom stereocenters. The SMILES string of the molecule is CCc1nn(C)cc1CN=C(NCCc1ccco1)NCC1CCCN1CC. The van der Waals surface area contributed by atoms with E-state index in [-0.39, 0.29) is 0 Å². The van der Waals surface area contributed by atoms with E-state index in [1.54, 1.807) is 6.26 Å². The third-order valence-corrected chi connectivity index (χ3v) is 5.39. The van der Waals surface area contributed by atoms with Crippen LogP contribution in [0.25, 0.3) is 0 Å². The highest BCUT2D eigenvalue weighted by Crippen LogP contribution is 2.15. The normalized spacial score (nSPS) is 18.0. The van der Waals surface area contributed by atoms with Gasteiger partial charge in [0.25, 0.3) is 0 Å². The first-order valence-electron chi connectivity index (χ1n) is 10.5. The van der Waals surface area contributed by atoms with Crippen molar-refractivity contribution in [2.45, 2.75) is 52.1 Å². The summed E-state index contributed by atoms with van der Waals surface area (Å²) in [5.41, 5.74) is 2.31. The van der Waals surface area contributed by atoms with Gasteiger partial charge in [0.05, 0.1) is 18.5 Å². The summed E-state index contributed by atoms with van der Waals surface area (Å²) in [6, 6.07) is 4.52. The summed E-state index contributed by atoms with van der Waals surface area (Å²) in [5, 5.41) is 11.5. The average Bonchev–Trinajstić information content (AvgIpc) is 3.44. The predicted octanol–water partition coefficient (Wildman–Crippen LogP) is 2.34. The number of hydrogen-bond acceptors (Lipinski definition) is 4. The second-order valence-corrected chi connectivity index (χ2v) is 7.35. The minimum atomic E-state index is 0.590. The smallest absolute Gasteiger partial charge is 0.191 e. The van der Waals surface area contributed by atoms with Crippen LogP contribution in [0.4, 0.5) is 0 Å².